The van der Waals surface area contributed by atoms with E-state index in [9.17, 15) is 0 Å². The molecule has 6 nitrogen and oxygen atoms in total. The first-order valence-electron chi connectivity index (χ1n) is 9.33. The van der Waals surface area contributed by atoms with Crippen LogP contribution in [-0.2, 0) is 0 Å². The second kappa shape index (κ2) is 8.25. The minimum absolute atomic E-state index is 0.346. The number of rotatable bonds is 6. The van der Waals surface area contributed by atoms with Crippen LogP contribution < -0.4 is 20.4 Å². The van der Waals surface area contributed by atoms with Crippen LogP contribution in [0.4, 0.5) is 23.0 Å². The molecule has 2 heterocycles. The summed E-state index contributed by atoms with van der Waals surface area (Å²) < 4.78 is 0. The number of pyridine rings is 2. The zero-order valence-corrected chi connectivity index (χ0v) is 16.2. The van der Waals surface area contributed by atoms with Gasteiger partial charge in [0.25, 0.3) is 0 Å². The zero-order valence-electron chi connectivity index (χ0n) is 16.2. The van der Waals surface area contributed by atoms with Gasteiger partial charge in [-0.3, -0.25) is 0 Å². The zero-order chi connectivity index (χ0) is 18.5. The van der Waals surface area contributed by atoms with Crippen LogP contribution in [0.3, 0.4) is 0 Å². The highest BCUT2D eigenvalue weighted by molar-refractivity contribution is 5.55. The minimum atomic E-state index is 0.346. The highest BCUT2D eigenvalue weighted by Gasteiger charge is 2.25. The third kappa shape index (κ3) is 4.56. The Morgan fingerprint density at radius 3 is 1.58 bits per heavy atom. The molecule has 2 atom stereocenters. The van der Waals surface area contributed by atoms with E-state index in [0.717, 1.165) is 35.9 Å². The predicted octanol–water partition coefficient (Wildman–Crippen LogP) is 3.44. The maximum absolute atomic E-state index is 4.51. The van der Waals surface area contributed by atoms with Crippen molar-refractivity contribution in [3.05, 3.63) is 36.7 Å². The Bertz CT molecular complexity index is 653. The number of hydrogen-bond acceptors (Lipinski definition) is 6. The van der Waals surface area contributed by atoms with E-state index in [1.807, 2.05) is 52.7 Å². The molecule has 6 heteroatoms. The van der Waals surface area contributed by atoms with E-state index in [1.165, 1.54) is 12.8 Å². The number of nitrogens with zero attached hydrogens (tertiary/aromatic N) is 4. The van der Waals surface area contributed by atoms with E-state index in [4.69, 9.17) is 0 Å². The molecule has 1 fully saturated rings. The largest absolute Gasteiger partial charge is 0.378 e. The van der Waals surface area contributed by atoms with Crippen molar-refractivity contribution in [1.29, 1.82) is 0 Å². The number of hydrogen-bond donors (Lipinski definition) is 2. The van der Waals surface area contributed by atoms with Crippen LogP contribution in [0.1, 0.15) is 25.7 Å². The van der Waals surface area contributed by atoms with Crippen molar-refractivity contribution in [2.24, 2.45) is 0 Å². The van der Waals surface area contributed by atoms with Crippen LogP contribution >= 0.6 is 0 Å². The Labute approximate surface area is 156 Å². The molecule has 26 heavy (non-hydrogen) atoms. The summed E-state index contributed by atoms with van der Waals surface area (Å²) >= 11 is 0. The Kier molecular flexibility index (Phi) is 5.81. The molecule has 140 valence electrons. The Morgan fingerprint density at radius 2 is 1.19 bits per heavy atom. The first kappa shape index (κ1) is 18.3. The van der Waals surface area contributed by atoms with Gasteiger partial charge in [-0.15, -0.1) is 0 Å². The second-order valence-corrected chi connectivity index (χ2v) is 7.37. The quantitative estimate of drug-likeness (QED) is 0.829. The van der Waals surface area contributed by atoms with Crippen LogP contribution in [0.5, 0.6) is 0 Å². The summed E-state index contributed by atoms with van der Waals surface area (Å²) in [6.07, 6.45) is 8.50. The molecule has 0 saturated heterocycles. The SMILES string of the molecule is CN(C)c1ccnc(N[C@@H]2CCCC[C@H]2Nc2cc(N(C)C)ccn2)c1. The summed E-state index contributed by atoms with van der Waals surface area (Å²) in [6.45, 7) is 0. The molecule has 1 aliphatic carbocycles. The summed E-state index contributed by atoms with van der Waals surface area (Å²) in [4.78, 5) is 13.2. The molecule has 1 saturated carbocycles. The third-order valence-electron chi connectivity index (χ3n) is 4.95. The van der Waals surface area contributed by atoms with Crippen LogP contribution in [0.15, 0.2) is 36.7 Å². The Hall–Kier alpha value is -2.50. The Balaban J connectivity index is 1.72. The fourth-order valence-corrected chi connectivity index (χ4v) is 3.41. The second-order valence-electron chi connectivity index (χ2n) is 7.37. The van der Waals surface area contributed by atoms with Crippen molar-refractivity contribution in [2.75, 3.05) is 48.6 Å². The van der Waals surface area contributed by atoms with Gasteiger partial charge in [0.1, 0.15) is 11.6 Å². The molecule has 1 aliphatic rings. The molecule has 2 aromatic heterocycles. The van der Waals surface area contributed by atoms with Crippen molar-refractivity contribution in [1.82, 2.24) is 9.97 Å². The average Bonchev–Trinajstić information content (AvgIpc) is 2.64. The van der Waals surface area contributed by atoms with Gasteiger partial charge in [0.2, 0.25) is 0 Å². The molecule has 0 aliphatic heterocycles. The Morgan fingerprint density at radius 1 is 0.769 bits per heavy atom. The molecular weight excluding hydrogens is 324 g/mol. The molecule has 0 amide bonds. The van der Waals surface area contributed by atoms with Crippen molar-refractivity contribution >= 4 is 23.0 Å². The lowest BCUT2D eigenvalue weighted by molar-refractivity contribution is 0.422. The van der Waals surface area contributed by atoms with Gasteiger partial charge in [0, 0.05) is 76.2 Å². The smallest absolute Gasteiger partial charge is 0.128 e. The van der Waals surface area contributed by atoms with E-state index in [-0.39, 0.29) is 0 Å². The van der Waals surface area contributed by atoms with Crippen molar-refractivity contribution < 1.29 is 0 Å². The van der Waals surface area contributed by atoms with E-state index >= 15 is 0 Å². The number of aromatic nitrogens is 2. The maximum Gasteiger partial charge on any atom is 0.128 e. The lowest BCUT2D eigenvalue weighted by atomic mass is 9.90. The van der Waals surface area contributed by atoms with Crippen molar-refractivity contribution in [3.8, 4) is 0 Å². The average molecular weight is 355 g/mol. The highest BCUT2D eigenvalue weighted by atomic mass is 15.1. The molecule has 0 bridgehead atoms. The lowest BCUT2D eigenvalue weighted by Crippen LogP contribution is -2.42. The summed E-state index contributed by atoms with van der Waals surface area (Å²) in [5.41, 5.74) is 2.31. The molecular formula is C20H30N6. The maximum atomic E-state index is 4.51. The van der Waals surface area contributed by atoms with Gasteiger partial charge in [0.15, 0.2) is 0 Å². The first-order chi connectivity index (χ1) is 12.5. The predicted molar refractivity (Wildman–Crippen MR) is 110 cm³/mol. The highest BCUT2D eigenvalue weighted by Crippen LogP contribution is 2.26. The van der Waals surface area contributed by atoms with Crippen molar-refractivity contribution in [3.63, 3.8) is 0 Å². The van der Waals surface area contributed by atoms with Gasteiger partial charge in [0.05, 0.1) is 0 Å². The fraction of sp³-hybridized carbons (Fsp3) is 0.500. The van der Waals surface area contributed by atoms with E-state index in [0.29, 0.717) is 12.1 Å². The van der Waals surface area contributed by atoms with Crippen LogP contribution in [0.25, 0.3) is 0 Å². The topological polar surface area (TPSA) is 56.3 Å². The normalized spacial score (nSPS) is 19.7. The molecule has 0 radical (unpaired) electrons. The first-order valence-corrected chi connectivity index (χ1v) is 9.33. The van der Waals surface area contributed by atoms with Gasteiger partial charge in [-0.05, 0) is 25.0 Å². The van der Waals surface area contributed by atoms with Crippen LogP contribution in [0.2, 0.25) is 0 Å². The molecule has 0 aromatic carbocycles. The van der Waals surface area contributed by atoms with Crippen LogP contribution in [0, 0.1) is 0 Å². The van der Waals surface area contributed by atoms with Gasteiger partial charge in [-0.1, -0.05) is 12.8 Å². The minimum Gasteiger partial charge on any atom is -0.378 e. The molecule has 3 rings (SSSR count). The fourth-order valence-electron chi connectivity index (χ4n) is 3.41. The monoisotopic (exact) mass is 354 g/mol. The van der Waals surface area contributed by atoms with E-state index < -0.39 is 0 Å². The van der Waals surface area contributed by atoms with Gasteiger partial charge < -0.3 is 20.4 Å². The van der Waals surface area contributed by atoms with E-state index in [2.05, 4.69) is 42.5 Å². The van der Waals surface area contributed by atoms with Gasteiger partial charge in [-0.2, -0.15) is 0 Å². The van der Waals surface area contributed by atoms with Crippen LogP contribution in [-0.4, -0.2) is 50.2 Å². The molecule has 2 N–H and O–H groups in total. The standard InChI is InChI=1S/C20H30N6/c1-25(2)15-9-11-21-19(13-15)23-17-7-5-6-8-18(17)24-20-14-16(26(3)4)10-12-22-20/h9-14,17-18H,5-8H2,1-4H3,(H,21,23)(H,22,24)/t17-,18-/m1/s1. The van der Waals surface area contributed by atoms with Gasteiger partial charge in [-0.25, -0.2) is 9.97 Å². The summed E-state index contributed by atoms with van der Waals surface area (Å²) in [7, 11) is 8.20. The molecule has 2 aromatic rings. The summed E-state index contributed by atoms with van der Waals surface area (Å²) in [5, 5.41) is 7.29. The molecule has 0 spiro atoms. The third-order valence-corrected chi connectivity index (χ3v) is 4.95. The summed E-state index contributed by atoms with van der Waals surface area (Å²) in [6, 6.07) is 8.96. The molecule has 0 unspecified atom stereocenters. The van der Waals surface area contributed by atoms with Gasteiger partial charge >= 0.3 is 0 Å². The lowest BCUT2D eigenvalue weighted by Gasteiger charge is -2.33. The van der Waals surface area contributed by atoms with Crippen molar-refractivity contribution in [2.45, 2.75) is 37.8 Å². The van der Waals surface area contributed by atoms with E-state index in [1.54, 1.807) is 0 Å². The number of nitrogens with one attached hydrogen (secondary N) is 2. The summed E-state index contributed by atoms with van der Waals surface area (Å²) in [5.74, 6) is 1.87. The number of anilines is 4.